The van der Waals surface area contributed by atoms with Crippen molar-refractivity contribution in [3.63, 3.8) is 0 Å². The Kier molecular flexibility index (Phi) is 6.66. The van der Waals surface area contributed by atoms with E-state index in [2.05, 4.69) is 17.0 Å². The Morgan fingerprint density at radius 1 is 1.19 bits per heavy atom. The van der Waals surface area contributed by atoms with Gasteiger partial charge in [0.2, 0.25) is 0 Å². The van der Waals surface area contributed by atoms with Crippen molar-refractivity contribution in [1.29, 1.82) is 0 Å². The summed E-state index contributed by atoms with van der Waals surface area (Å²) in [5.74, 6) is 1.57. The summed E-state index contributed by atoms with van der Waals surface area (Å²) in [4.78, 5) is 27.0. The Balaban J connectivity index is 1.35. The van der Waals surface area contributed by atoms with Crippen molar-refractivity contribution < 1.29 is 23.8 Å². The molecule has 4 aliphatic rings. The van der Waals surface area contributed by atoms with Gasteiger partial charge >= 0.3 is 5.97 Å². The number of benzene rings is 2. The van der Waals surface area contributed by atoms with Crippen molar-refractivity contribution in [2.45, 2.75) is 56.5 Å². The highest BCUT2D eigenvalue weighted by atomic mass is 35.5. The summed E-state index contributed by atoms with van der Waals surface area (Å²) >= 11 is 6.37. The summed E-state index contributed by atoms with van der Waals surface area (Å²) in [6, 6.07) is 11.9. The molecule has 0 N–H and O–H groups in total. The highest BCUT2D eigenvalue weighted by molar-refractivity contribution is 6.30. The van der Waals surface area contributed by atoms with E-state index in [4.69, 9.17) is 25.8 Å². The Labute approximate surface area is 223 Å². The molecule has 1 unspecified atom stereocenters. The predicted molar refractivity (Wildman–Crippen MR) is 142 cm³/mol. The fraction of sp³-hybridized carbons (Fsp3) is 0.533. The van der Waals surface area contributed by atoms with Crippen LogP contribution in [0, 0.1) is 11.8 Å². The maximum atomic E-state index is 12.4. The highest BCUT2D eigenvalue weighted by Crippen LogP contribution is 2.47. The van der Waals surface area contributed by atoms with Gasteiger partial charge in [-0.05, 0) is 85.4 Å². The number of rotatable bonds is 4. The lowest BCUT2D eigenvalue weighted by molar-refractivity contribution is -0.135. The first-order valence-electron chi connectivity index (χ1n) is 13.5. The predicted octanol–water partition coefficient (Wildman–Crippen LogP) is 5.37. The number of carbonyl (C=O) groups is 2. The van der Waals surface area contributed by atoms with Crippen LogP contribution >= 0.6 is 11.6 Å². The lowest BCUT2D eigenvalue weighted by atomic mass is 9.67. The number of nitrogens with zero attached hydrogens (tertiary/aromatic N) is 1. The van der Waals surface area contributed by atoms with Crippen LogP contribution in [-0.2, 0) is 26.1 Å². The van der Waals surface area contributed by atoms with Gasteiger partial charge in [-0.1, -0.05) is 17.7 Å². The van der Waals surface area contributed by atoms with E-state index in [1.165, 1.54) is 18.2 Å². The minimum atomic E-state index is -0.352. The molecule has 0 aromatic heterocycles. The van der Waals surface area contributed by atoms with Gasteiger partial charge in [-0.25, -0.2) is 4.79 Å². The second-order valence-electron chi connectivity index (χ2n) is 11.2. The summed E-state index contributed by atoms with van der Waals surface area (Å²) in [5, 5.41) is 0.771. The molecule has 37 heavy (non-hydrogen) atoms. The third kappa shape index (κ3) is 4.63. The molecule has 0 radical (unpaired) electrons. The van der Waals surface area contributed by atoms with Gasteiger partial charge in [0.1, 0.15) is 11.5 Å². The van der Waals surface area contributed by atoms with Crippen LogP contribution in [0.5, 0.6) is 5.75 Å². The van der Waals surface area contributed by atoms with Crippen molar-refractivity contribution in [2.75, 3.05) is 38.3 Å². The van der Waals surface area contributed by atoms with Gasteiger partial charge < -0.3 is 19.1 Å². The van der Waals surface area contributed by atoms with E-state index in [0.717, 1.165) is 61.7 Å². The molecule has 2 fully saturated rings. The van der Waals surface area contributed by atoms with Gasteiger partial charge in [-0.3, -0.25) is 4.79 Å². The SMILES string of the molecule is COC(=O)c1ccc2c(c1)N(C[C@@H]1CC[C@H]1[C@@H]1CC(=O)CCO1)CC1(CCCc3cc(Cl)ccc31)CO2. The van der Waals surface area contributed by atoms with E-state index < -0.39 is 0 Å². The molecule has 7 heteroatoms. The molecule has 1 saturated heterocycles. The van der Waals surface area contributed by atoms with Gasteiger partial charge in [-0.2, -0.15) is 0 Å². The fourth-order valence-corrected chi connectivity index (χ4v) is 7.13. The third-order valence-corrected chi connectivity index (χ3v) is 9.24. The van der Waals surface area contributed by atoms with Crippen LogP contribution in [0.25, 0.3) is 0 Å². The summed E-state index contributed by atoms with van der Waals surface area (Å²) < 4.78 is 17.6. The molecular formula is C30H34ClNO5. The minimum absolute atomic E-state index is 0.0237. The van der Waals surface area contributed by atoms with Gasteiger partial charge in [0, 0.05) is 36.4 Å². The molecule has 2 aliphatic heterocycles. The molecule has 0 amide bonds. The van der Waals surface area contributed by atoms with Crippen LogP contribution in [-0.4, -0.2) is 51.3 Å². The molecule has 2 aliphatic carbocycles. The lowest BCUT2D eigenvalue weighted by Crippen LogP contribution is -2.50. The van der Waals surface area contributed by atoms with E-state index >= 15 is 0 Å². The van der Waals surface area contributed by atoms with E-state index in [1.54, 1.807) is 6.07 Å². The Hall–Kier alpha value is -2.57. The Morgan fingerprint density at radius 2 is 2.08 bits per heavy atom. The molecular weight excluding hydrogens is 490 g/mol. The smallest absolute Gasteiger partial charge is 0.337 e. The van der Waals surface area contributed by atoms with Gasteiger partial charge in [-0.15, -0.1) is 0 Å². The van der Waals surface area contributed by atoms with E-state index in [0.29, 0.717) is 49.2 Å². The largest absolute Gasteiger partial charge is 0.490 e. The topological polar surface area (TPSA) is 65.1 Å². The van der Waals surface area contributed by atoms with Crippen LogP contribution in [0.4, 0.5) is 5.69 Å². The average molecular weight is 524 g/mol. The van der Waals surface area contributed by atoms with Crippen LogP contribution in [0.1, 0.15) is 60.0 Å². The number of fused-ring (bicyclic) bond motifs is 3. The first-order chi connectivity index (χ1) is 18.0. The highest BCUT2D eigenvalue weighted by Gasteiger charge is 2.45. The van der Waals surface area contributed by atoms with E-state index in [-0.39, 0.29) is 17.5 Å². The summed E-state index contributed by atoms with van der Waals surface area (Å²) in [6.07, 6.45) is 6.43. The van der Waals surface area contributed by atoms with E-state index in [9.17, 15) is 9.59 Å². The van der Waals surface area contributed by atoms with Crippen molar-refractivity contribution in [2.24, 2.45) is 11.8 Å². The number of hydrogen-bond donors (Lipinski definition) is 0. The van der Waals surface area contributed by atoms with Gasteiger partial charge in [0.15, 0.2) is 0 Å². The fourth-order valence-electron chi connectivity index (χ4n) is 6.94. The van der Waals surface area contributed by atoms with Crippen LogP contribution in [0.3, 0.4) is 0 Å². The standard InChI is InChI=1S/C30H34ClNO5/c1-35-29(34)20-5-9-27-26(14-20)32(16-21-4-7-24(21)28-15-23(33)10-12-36-28)17-30(18-37-27)11-2-3-19-13-22(31)6-8-25(19)30/h5-6,8-9,13-14,21,24,28H,2-4,7,10-12,15-18H2,1H3/t21-,24+,28-,30?/m0/s1. The summed E-state index contributed by atoms with van der Waals surface area (Å²) in [6.45, 7) is 2.76. The van der Waals surface area contributed by atoms with Crippen LogP contribution in [0.2, 0.25) is 5.02 Å². The quantitative estimate of drug-likeness (QED) is 0.502. The van der Waals surface area contributed by atoms with Crippen molar-refractivity contribution >= 4 is 29.0 Å². The molecule has 6 rings (SSSR count). The molecule has 0 bridgehead atoms. The number of halogens is 1. The van der Waals surface area contributed by atoms with Gasteiger partial charge in [0.25, 0.3) is 0 Å². The summed E-state index contributed by atoms with van der Waals surface area (Å²) in [5.41, 5.74) is 3.92. The van der Waals surface area contributed by atoms with Crippen molar-refractivity contribution in [3.8, 4) is 5.75 Å². The van der Waals surface area contributed by atoms with Crippen LogP contribution in [0.15, 0.2) is 36.4 Å². The van der Waals surface area contributed by atoms with E-state index in [1.807, 2.05) is 18.2 Å². The first-order valence-corrected chi connectivity index (χ1v) is 13.9. The number of anilines is 1. The second kappa shape index (κ2) is 9.95. The maximum Gasteiger partial charge on any atom is 0.337 e. The first kappa shape index (κ1) is 24.7. The summed E-state index contributed by atoms with van der Waals surface area (Å²) in [7, 11) is 1.41. The second-order valence-corrected chi connectivity index (χ2v) is 11.6. The molecule has 1 saturated carbocycles. The zero-order valence-electron chi connectivity index (χ0n) is 21.3. The molecule has 2 aromatic carbocycles. The molecule has 1 spiro atoms. The lowest BCUT2D eigenvalue weighted by Gasteiger charge is -2.47. The molecule has 2 heterocycles. The molecule has 6 nitrogen and oxygen atoms in total. The number of Topliss-reactive ketones (excluding diaryl/α,β-unsaturated/α-hetero) is 1. The zero-order valence-corrected chi connectivity index (χ0v) is 22.1. The third-order valence-electron chi connectivity index (χ3n) is 9.01. The number of ether oxygens (including phenoxy) is 3. The maximum absolute atomic E-state index is 12.4. The molecule has 196 valence electrons. The number of esters is 1. The number of ketones is 1. The Bertz CT molecular complexity index is 1210. The number of aryl methyl sites for hydroxylation is 1. The Morgan fingerprint density at radius 3 is 2.86 bits per heavy atom. The number of hydrogen-bond acceptors (Lipinski definition) is 6. The number of carbonyl (C=O) groups excluding carboxylic acids is 2. The molecule has 2 aromatic rings. The minimum Gasteiger partial charge on any atom is -0.490 e. The normalized spacial score (nSPS) is 29.0. The van der Waals surface area contributed by atoms with Crippen molar-refractivity contribution in [1.82, 2.24) is 0 Å². The number of methoxy groups -OCH3 is 1. The van der Waals surface area contributed by atoms with Gasteiger partial charge in [0.05, 0.1) is 37.7 Å². The zero-order chi connectivity index (χ0) is 25.6. The van der Waals surface area contributed by atoms with Crippen molar-refractivity contribution in [3.05, 3.63) is 58.1 Å². The average Bonchev–Trinajstić information content (AvgIpc) is 3.03. The molecule has 4 atom stereocenters. The monoisotopic (exact) mass is 523 g/mol. The van der Waals surface area contributed by atoms with Crippen LogP contribution < -0.4 is 9.64 Å².